The van der Waals surface area contributed by atoms with Crippen LogP contribution in [0, 0.1) is 5.21 Å². The maximum Gasteiger partial charge on any atom is 0.294 e. The molecule has 0 saturated carbocycles. The van der Waals surface area contributed by atoms with Crippen LogP contribution < -0.4 is 9.47 Å². The number of aromatic nitrogens is 1. The van der Waals surface area contributed by atoms with Gasteiger partial charge in [0.25, 0.3) is 5.15 Å². The van der Waals surface area contributed by atoms with Gasteiger partial charge < -0.3 is 9.94 Å². The number of hydrogen-bond acceptors (Lipinski definition) is 2. The monoisotopic (exact) mass is 209 g/mol. The van der Waals surface area contributed by atoms with Gasteiger partial charge >= 0.3 is 0 Å². The lowest BCUT2D eigenvalue weighted by molar-refractivity contribution is -0.601. The van der Waals surface area contributed by atoms with Gasteiger partial charge in [-0.2, -0.15) is 4.73 Å². The second kappa shape index (κ2) is 3.35. The van der Waals surface area contributed by atoms with Crippen molar-refractivity contribution in [2.24, 2.45) is 0 Å². The van der Waals surface area contributed by atoms with Gasteiger partial charge in [0.15, 0.2) is 6.20 Å². The van der Waals surface area contributed by atoms with E-state index in [9.17, 15) is 5.21 Å². The Morgan fingerprint density at radius 2 is 2.07 bits per heavy atom. The van der Waals surface area contributed by atoms with Gasteiger partial charge in [-0.1, -0.05) is 6.07 Å². The third-order valence-electron chi connectivity index (χ3n) is 2.08. The van der Waals surface area contributed by atoms with Crippen molar-refractivity contribution in [1.29, 1.82) is 0 Å². The first-order valence-electron chi connectivity index (χ1n) is 4.08. The van der Waals surface area contributed by atoms with Crippen LogP contribution in [0.3, 0.4) is 0 Å². The van der Waals surface area contributed by atoms with Crippen LogP contribution in [-0.4, -0.2) is 7.11 Å². The fourth-order valence-corrected chi connectivity index (χ4v) is 1.62. The second-order valence-electron chi connectivity index (χ2n) is 2.85. The summed E-state index contributed by atoms with van der Waals surface area (Å²) in [4.78, 5) is 0. The minimum Gasteiger partial charge on any atom is -0.618 e. The van der Waals surface area contributed by atoms with Gasteiger partial charge in [0.1, 0.15) is 5.75 Å². The molecular formula is C10H8ClNO2. The van der Waals surface area contributed by atoms with Crippen LogP contribution in [0.25, 0.3) is 10.8 Å². The molecule has 4 heteroatoms. The number of methoxy groups -OCH3 is 1. The van der Waals surface area contributed by atoms with E-state index in [1.54, 1.807) is 25.3 Å². The zero-order valence-corrected chi connectivity index (χ0v) is 8.28. The predicted molar refractivity (Wildman–Crippen MR) is 54.5 cm³/mol. The zero-order valence-electron chi connectivity index (χ0n) is 7.53. The van der Waals surface area contributed by atoms with Gasteiger partial charge in [0, 0.05) is 11.5 Å². The molecule has 0 aliphatic heterocycles. The third kappa shape index (κ3) is 1.26. The van der Waals surface area contributed by atoms with Gasteiger partial charge in [-0.3, -0.25) is 0 Å². The van der Waals surface area contributed by atoms with E-state index in [0.29, 0.717) is 15.9 Å². The van der Waals surface area contributed by atoms with E-state index in [4.69, 9.17) is 16.3 Å². The Labute approximate surface area is 86.1 Å². The summed E-state index contributed by atoms with van der Waals surface area (Å²) >= 11 is 5.85. The van der Waals surface area contributed by atoms with Crippen molar-refractivity contribution in [3.63, 3.8) is 0 Å². The number of rotatable bonds is 1. The summed E-state index contributed by atoms with van der Waals surface area (Å²) in [6.45, 7) is 0. The Bertz CT molecular complexity index is 485. The number of pyridine rings is 1. The Kier molecular flexibility index (Phi) is 2.17. The van der Waals surface area contributed by atoms with Crippen molar-refractivity contribution < 1.29 is 9.47 Å². The predicted octanol–water partition coefficient (Wildman–Crippen LogP) is 2.14. The Morgan fingerprint density at radius 3 is 2.79 bits per heavy atom. The highest BCUT2D eigenvalue weighted by Gasteiger charge is 2.10. The van der Waals surface area contributed by atoms with E-state index >= 15 is 0 Å². The summed E-state index contributed by atoms with van der Waals surface area (Å²) in [7, 11) is 1.58. The second-order valence-corrected chi connectivity index (χ2v) is 3.21. The van der Waals surface area contributed by atoms with E-state index in [0.717, 1.165) is 5.39 Å². The molecule has 0 amide bonds. The SMILES string of the molecule is COc1cccc2c(Cl)[n+]([O-])ccc12. The maximum absolute atomic E-state index is 11.2. The van der Waals surface area contributed by atoms with E-state index < -0.39 is 0 Å². The van der Waals surface area contributed by atoms with Crippen LogP contribution in [0.1, 0.15) is 0 Å². The molecule has 0 aliphatic carbocycles. The smallest absolute Gasteiger partial charge is 0.294 e. The molecule has 0 fully saturated rings. The highest BCUT2D eigenvalue weighted by atomic mass is 35.5. The molecule has 0 saturated heterocycles. The molecule has 0 bridgehead atoms. The molecule has 1 heterocycles. The standard InChI is InChI=1S/C10H8ClNO2/c1-14-9-4-2-3-8-7(9)5-6-12(13)10(8)11/h2-6H,1H3. The first-order valence-corrected chi connectivity index (χ1v) is 4.46. The lowest BCUT2D eigenvalue weighted by atomic mass is 10.1. The molecule has 2 aromatic rings. The zero-order chi connectivity index (χ0) is 10.1. The Morgan fingerprint density at radius 1 is 1.29 bits per heavy atom. The average molecular weight is 210 g/mol. The van der Waals surface area contributed by atoms with Crippen LogP contribution >= 0.6 is 11.6 Å². The minimum atomic E-state index is 0.168. The molecule has 3 nitrogen and oxygen atoms in total. The summed E-state index contributed by atoms with van der Waals surface area (Å²) < 4.78 is 5.78. The topological polar surface area (TPSA) is 36.2 Å². The number of benzene rings is 1. The molecule has 0 aliphatic rings. The Balaban J connectivity index is 2.86. The molecule has 0 unspecified atom stereocenters. The van der Waals surface area contributed by atoms with Crippen LogP contribution in [0.15, 0.2) is 30.5 Å². The summed E-state index contributed by atoms with van der Waals surface area (Å²) in [6.07, 6.45) is 1.37. The van der Waals surface area contributed by atoms with Crippen molar-refractivity contribution in [2.75, 3.05) is 7.11 Å². The Hall–Kier alpha value is -1.48. The minimum absolute atomic E-state index is 0.168. The van der Waals surface area contributed by atoms with Gasteiger partial charge in [0.05, 0.1) is 12.5 Å². The lowest BCUT2D eigenvalue weighted by Crippen LogP contribution is -2.26. The molecule has 0 N–H and O–H groups in total. The van der Waals surface area contributed by atoms with Gasteiger partial charge in [-0.25, -0.2) is 0 Å². The summed E-state index contributed by atoms with van der Waals surface area (Å²) in [5.41, 5.74) is 0. The number of hydrogen-bond donors (Lipinski definition) is 0. The van der Waals surface area contributed by atoms with Gasteiger partial charge in [-0.15, -0.1) is 0 Å². The summed E-state index contributed by atoms with van der Waals surface area (Å²) in [6, 6.07) is 7.10. The van der Waals surface area contributed by atoms with Crippen LogP contribution in [-0.2, 0) is 0 Å². The molecule has 72 valence electrons. The van der Waals surface area contributed by atoms with Crippen molar-refractivity contribution in [3.8, 4) is 5.75 Å². The van der Waals surface area contributed by atoms with E-state index in [-0.39, 0.29) is 5.15 Å². The fourth-order valence-electron chi connectivity index (χ4n) is 1.40. The highest BCUT2D eigenvalue weighted by Crippen LogP contribution is 2.27. The van der Waals surface area contributed by atoms with E-state index in [2.05, 4.69) is 0 Å². The first-order chi connectivity index (χ1) is 6.74. The molecule has 0 atom stereocenters. The molecule has 0 spiro atoms. The van der Waals surface area contributed by atoms with Crippen molar-refractivity contribution in [2.45, 2.75) is 0 Å². The molecule has 1 aromatic heterocycles. The van der Waals surface area contributed by atoms with E-state index in [1.165, 1.54) is 6.20 Å². The normalized spacial score (nSPS) is 10.4. The van der Waals surface area contributed by atoms with Crippen molar-refractivity contribution >= 4 is 22.4 Å². The number of ether oxygens (including phenoxy) is 1. The number of nitrogens with zero attached hydrogens (tertiary/aromatic N) is 1. The molecule has 1 aromatic carbocycles. The number of fused-ring (bicyclic) bond motifs is 1. The molecular weight excluding hydrogens is 202 g/mol. The molecule has 2 rings (SSSR count). The van der Waals surface area contributed by atoms with Crippen LogP contribution in [0.2, 0.25) is 5.15 Å². The van der Waals surface area contributed by atoms with Gasteiger partial charge in [0.2, 0.25) is 0 Å². The molecule has 0 radical (unpaired) electrons. The molecule has 14 heavy (non-hydrogen) atoms. The number of halogens is 1. The quantitative estimate of drug-likeness (QED) is 0.410. The fraction of sp³-hybridized carbons (Fsp3) is 0.100. The largest absolute Gasteiger partial charge is 0.618 e. The highest BCUT2D eigenvalue weighted by molar-refractivity contribution is 6.33. The van der Waals surface area contributed by atoms with E-state index in [1.807, 2.05) is 6.07 Å². The average Bonchev–Trinajstić information content (AvgIpc) is 2.23. The maximum atomic E-state index is 11.2. The van der Waals surface area contributed by atoms with Crippen LogP contribution in [0.4, 0.5) is 0 Å². The summed E-state index contributed by atoms with van der Waals surface area (Å²) in [5.74, 6) is 0.713. The lowest BCUT2D eigenvalue weighted by Gasteiger charge is -2.06. The van der Waals surface area contributed by atoms with Gasteiger partial charge in [-0.05, 0) is 23.7 Å². The summed E-state index contributed by atoms with van der Waals surface area (Å²) in [5, 5.41) is 12.9. The van der Waals surface area contributed by atoms with Crippen LogP contribution in [0.5, 0.6) is 5.75 Å². The van der Waals surface area contributed by atoms with Crippen molar-refractivity contribution in [1.82, 2.24) is 0 Å². The third-order valence-corrected chi connectivity index (χ3v) is 2.45. The first kappa shape index (κ1) is 9.09. The van der Waals surface area contributed by atoms with Crippen molar-refractivity contribution in [3.05, 3.63) is 40.8 Å².